The zero-order chi connectivity index (χ0) is 20.9. The number of hydrogen-bond acceptors (Lipinski definition) is 8. The van der Waals surface area contributed by atoms with Crippen molar-refractivity contribution in [1.29, 1.82) is 0 Å². The Labute approximate surface area is 180 Å². The molecule has 0 saturated heterocycles. The highest BCUT2D eigenvalue weighted by molar-refractivity contribution is 7.99. The molecule has 1 unspecified atom stereocenters. The average molecular weight is 425 g/mol. The van der Waals surface area contributed by atoms with Crippen LogP contribution in [0.15, 0.2) is 47.6 Å². The summed E-state index contributed by atoms with van der Waals surface area (Å²) >= 11 is 1.59. The molecule has 3 aromatic rings. The Hall–Kier alpha value is -3.00. The van der Waals surface area contributed by atoms with Gasteiger partial charge in [-0.05, 0) is 24.6 Å². The van der Waals surface area contributed by atoms with E-state index in [1.807, 2.05) is 42.5 Å². The second-order valence-corrected chi connectivity index (χ2v) is 7.78. The molecule has 2 heterocycles. The van der Waals surface area contributed by atoms with Crippen LogP contribution in [0.3, 0.4) is 0 Å². The topological polar surface area (TPSA) is 78.4 Å². The Kier molecular flexibility index (Phi) is 6.23. The fraction of sp³-hybridized carbons (Fsp3) is 0.318. The van der Waals surface area contributed by atoms with Gasteiger partial charge >= 0.3 is 0 Å². The van der Waals surface area contributed by atoms with Gasteiger partial charge in [0.1, 0.15) is 0 Å². The van der Waals surface area contributed by atoms with Crippen molar-refractivity contribution in [1.82, 2.24) is 15.2 Å². The number of rotatable bonds is 7. The minimum absolute atomic E-state index is 0.441. The van der Waals surface area contributed by atoms with Gasteiger partial charge in [0.05, 0.1) is 19.8 Å². The molecule has 0 bridgehead atoms. The first-order valence-electron chi connectivity index (χ1n) is 9.86. The molecule has 0 fully saturated rings. The van der Waals surface area contributed by atoms with Crippen LogP contribution in [0.1, 0.15) is 31.6 Å². The zero-order valence-corrected chi connectivity index (χ0v) is 18.0. The lowest BCUT2D eigenvalue weighted by Crippen LogP contribution is -2.18. The molecule has 156 valence electrons. The van der Waals surface area contributed by atoms with Gasteiger partial charge in [-0.25, -0.2) is 0 Å². The van der Waals surface area contributed by atoms with E-state index in [2.05, 4.69) is 27.4 Å². The quantitative estimate of drug-likeness (QED) is 0.422. The van der Waals surface area contributed by atoms with Crippen molar-refractivity contribution in [2.45, 2.75) is 31.1 Å². The van der Waals surface area contributed by atoms with Crippen LogP contribution in [0.4, 0.5) is 5.69 Å². The van der Waals surface area contributed by atoms with E-state index < -0.39 is 6.23 Å². The SMILES string of the molecule is CCCCSc1nnc2c(n1)OC(c1cccc(OC)c1OC)Nc1ccccc1-2. The fourth-order valence-electron chi connectivity index (χ4n) is 3.28. The van der Waals surface area contributed by atoms with Crippen molar-refractivity contribution in [3.8, 4) is 28.6 Å². The molecule has 0 saturated carbocycles. The zero-order valence-electron chi connectivity index (χ0n) is 17.2. The van der Waals surface area contributed by atoms with Crippen LogP contribution in [0.25, 0.3) is 11.3 Å². The normalized spacial score (nSPS) is 14.6. The molecule has 1 aliphatic heterocycles. The van der Waals surface area contributed by atoms with Crippen LogP contribution >= 0.6 is 11.8 Å². The maximum Gasteiger partial charge on any atom is 0.247 e. The molecule has 1 aromatic heterocycles. The molecule has 0 amide bonds. The summed E-state index contributed by atoms with van der Waals surface area (Å²) in [6.45, 7) is 2.16. The van der Waals surface area contributed by atoms with Crippen molar-refractivity contribution >= 4 is 17.4 Å². The van der Waals surface area contributed by atoms with Crippen molar-refractivity contribution in [2.75, 3.05) is 25.3 Å². The summed E-state index contributed by atoms with van der Waals surface area (Å²) in [4.78, 5) is 4.67. The van der Waals surface area contributed by atoms with Crippen molar-refractivity contribution in [2.24, 2.45) is 0 Å². The Morgan fingerprint density at radius 1 is 1.07 bits per heavy atom. The summed E-state index contributed by atoms with van der Waals surface area (Å²) in [7, 11) is 3.23. The summed E-state index contributed by atoms with van der Waals surface area (Å²) in [5.74, 6) is 2.63. The number of fused-ring (bicyclic) bond motifs is 3. The molecule has 1 N–H and O–H groups in total. The minimum Gasteiger partial charge on any atom is -0.493 e. The summed E-state index contributed by atoms with van der Waals surface area (Å²) in [5.41, 5.74) is 3.19. The van der Waals surface area contributed by atoms with Crippen molar-refractivity contribution < 1.29 is 14.2 Å². The van der Waals surface area contributed by atoms with Gasteiger partial charge in [0, 0.05) is 17.0 Å². The predicted molar refractivity (Wildman–Crippen MR) is 117 cm³/mol. The van der Waals surface area contributed by atoms with Crippen molar-refractivity contribution in [3.63, 3.8) is 0 Å². The van der Waals surface area contributed by atoms with Crippen molar-refractivity contribution in [3.05, 3.63) is 48.0 Å². The maximum absolute atomic E-state index is 6.34. The first-order valence-corrected chi connectivity index (χ1v) is 10.8. The number of thioether (sulfide) groups is 1. The summed E-state index contributed by atoms with van der Waals surface area (Å²) in [6.07, 6.45) is 1.68. The number of unbranched alkanes of at least 4 members (excludes halogenated alkanes) is 1. The van der Waals surface area contributed by atoms with Gasteiger partial charge in [0.2, 0.25) is 17.3 Å². The van der Waals surface area contributed by atoms with E-state index in [1.165, 1.54) is 0 Å². The molecule has 2 aromatic carbocycles. The number of nitrogens with one attached hydrogen (secondary N) is 1. The molecule has 0 spiro atoms. The molecule has 1 atom stereocenters. The third-order valence-electron chi connectivity index (χ3n) is 4.78. The number of ether oxygens (including phenoxy) is 3. The Morgan fingerprint density at radius 2 is 1.93 bits per heavy atom. The van der Waals surface area contributed by atoms with Gasteiger partial charge in [-0.15, -0.1) is 10.2 Å². The van der Waals surface area contributed by atoms with Crippen LogP contribution in [0, 0.1) is 0 Å². The van der Waals surface area contributed by atoms with Gasteiger partial charge in [-0.2, -0.15) is 4.98 Å². The Bertz CT molecular complexity index is 1030. The number of para-hydroxylation sites is 2. The standard InChI is InChI=1S/C22H24N4O3S/c1-4-5-13-30-22-24-21-18(25-26-22)14-9-6-7-11-16(14)23-20(29-21)15-10-8-12-17(27-2)19(15)28-3/h6-12,20,23H,4-5,13H2,1-3H3. The molecule has 8 heteroatoms. The smallest absolute Gasteiger partial charge is 0.247 e. The van der Waals surface area contributed by atoms with Crippen LogP contribution < -0.4 is 19.5 Å². The monoisotopic (exact) mass is 424 g/mol. The number of methoxy groups -OCH3 is 2. The van der Waals surface area contributed by atoms with Crippen LogP contribution in [0.5, 0.6) is 17.4 Å². The Morgan fingerprint density at radius 3 is 2.73 bits per heavy atom. The predicted octanol–water partition coefficient (Wildman–Crippen LogP) is 4.95. The molecular formula is C22H24N4O3S. The largest absolute Gasteiger partial charge is 0.493 e. The highest BCUT2D eigenvalue weighted by Gasteiger charge is 2.28. The van der Waals surface area contributed by atoms with E-state index in [-0.39, 0.29) is 0 Å². The third-order valence-corrected chi connectivity index (χ3v) is 5.70. The Balaban J connectivity index is 1.78. The summed E-state index contributed by atoms with van der Waals surface area (Å²) in [5, 5.41) is 12.8. The van der Waals surface area contributed by atoms with E-state index in [9.17, 15) is 0 Å². The van der Waals surface area contributed by atoms with Crippen LogP contribution in [-0.2, 0) is 0 Å². The van der Waals surface area contributed by atoms with E-state index in [0.717, 1.165) is 35.4 Å². The lowest BCUT2D eigenvalue weighted by Gasteiger charge is -2.22. The van der Waals surface area contributed by atoms with E-state index in [0.29, 0.717) is 28.2 Å². The summed E-state index contributed by atoms with van der Waals surface area (Å²) < 4.78 is 17.4. The van der Waals surface area contributed by atoms with E-state index >= 15 is 0 Å². The minimum atomic E-state index is -0.539. The number of nitrogens with zero attached hydrogens (tertiary/aromatic N) is 3. The molecule has 4 rings (SSSR count). The van der Waals surface area contributed by atoms with Gasteiger partial charge in [0.15, 0.2) is 17.2 Å². The number of aromatic nitrogens is 3. The lowest BCUT2D eigenvalue weighted by molar-refractivity contribution is 0.218. The summed E-state index contributed by atoms with van der Waals surface area (Å²) in [6, 6.07) is 13.6. The van der Waals surface area contributed by atoms with E-state index in [4.69, 9.17) is 14.2 Å². The lowest BCUT2D eigenvalue weighted by atomic mass is 10.1. The first-order chi connectivity index (χ1) is 14.7. The van der Waals surface area contributed by atoms with Gasteiger partial charge < -0.3 is 19.5 Å². The molecule has 0 aliphatic carbocycles. The highest BCUT2D eigenvalue weighted by Crippen LogP contribution is 2.43. The molecule has 30 heavy (non-hydrogen) atoms. The molecule has 1 aliphatic rings. The van der Waals surface area contributed by atoms with Gasteiger partial charge in [-0.1, -0.05) is 49.4 Å². The molecule has 7 nitrogen and oxygen atoms in total. The molecule has 0 radical (unpaired) electrons. The molecular weight excluding hydrogens is 400 g/mol. The first kappa shape index (κ1) is 20.3. The second-order valence-electron chi connectivity index (χ2n) is 6.72. The number of anilines is 1. The van der Waals surface area contributed by atoms with E-state index in [1.54, 1.807) is 26.0 Å². The van der Waals surface area contributed by atoms with Gasteiger partial charge in [-0.3, -0.25) is 0 Å². The van der Waals surface area contributed by atoms with Crippen LogP contribution in [0.2, 0.25) is 0 Å². The third kappa shape index (κ3) is 4.00. The number of hydrogen-bond donors (Lipinski definition) is 1. The van der Waals surface area contributed by atoms with Gasteiger partial charge in [0.25, 0.3) is 0 Å². The van der Waals surface area contributed by atoms with Crippen LogP contribution in [-0.4, -0.2) is 35.2 Å². The second kappa shape index (κ2) is 9.21. The fourth-order valence-corrected chi connectivity index (χ4v) is 4.14. The average Bonchev–Trinajstić information content (AvgIpc) is 2.95. The highest BCUT2D eigenvalue weighted by atomic mass is 32.2. The number of benzene rings is 2. The maximum atomic E-state index is 6.34.